The number of carboxylic acids is 1. The van der Waals surface area contributed by atoms with Gasteiger partial charge in [0.1, 0.15) is 5.82 Å². The van der Waals surface area contributed by atoms with Gasteiger partial charge in [0.05, 0.1) is 17.5 Å². The van der Waals surface area contributed by atoms with Crippen LogP contribution in [0.25, 0.3) is 11.0 Å². The number of rotatable bonds is 7. The average Bonchev–Trinajstić information content (AvgIpc) is 3.09. The Morgan fingerprint density at radius 2 is 2.03 bits per heavy atom. The van der Waals surface area contributed by atoms with Gasteiger partial charge in [-0.15, -0.1) is 0 Å². The first-order valence-corrected chi connectivity index (χ1v) is 10.3. The third kappa shape index (κ3) is 3.78. The molecule has 158 valence electrons. The van der Waals surface area contributed by atoms with E-state index >= 15 is 0 Å². The molecule has 2 atom stereocenters. The number of imidazole rings is 1. The van der Waals surface area contributed by atoms with Gasteiger partial charge in [-0.05, 0) is 37.5 Å². The molecule has 0 aliphatic carbocycles. The number of aliphatic carboxylic acids is 1. The number of benzene rings is 2. The smallest absolute Gasteiger partial charge is 0.305 e. The number of nitrogens with zero attached hydrogens (tertiary/aromatic N) is 3. The molecule has 30 heavy (non-hydrogen) atoms. The number of hydrogen-bond acceptors (Lipinski definition) is 5. The summed E-state index contributed by atoms with van der Waals surface area (Å²) in [6.45, 7) is 2.44. The summed E-state index contributed by atoms with van der Waals surface area (Å²) in [5.74, 6) is 0.0204. The number of aliphatic hydroxyl groups is 1. The van der Waals surface area contributed by atoms with Gasteiger partial charge in [0.15, 0.2) is 0 Å². The van der Waals surface area contributed by atoms with Crippen molar-refractivity contribution in [3.63, 3.8) is 0 Å². The molecule has 3 aromatic rings. The number of carbonyl (C=O) groups is 1. The molecule has 0 saturated carbocycles. The summed E-state index contributed by atoms with van der Waals surface area (Å²) >= 11 is 0. The molecule has 0 fully saturated rings. The number of ether oxygens (including phenoxy) is 1. The minimum atomic E-state index is -1.02. The first kappa shape index (κ1) is 20.4. The highest BCUT2D eigenvalue weighted by Crippen LogP contribution is 2.37. The normalized spacial score (nSPS) is 17.2. The molecule has 0 amide bonds. The lowest BCUT2D eigenvalue weighted by Crippen LogP contribution is -2.45. The van der Waals surface area contributed by atoms with Gasteiger partial charge in [0, 0.05) is 37.4 Å². The molecule has 4 rings (SSSR count). The predicted octanol–water partition coefficient (Wildman–Crippen LogP) is 3.17. The van der Waals surface area contributed by atoms with Crippen molar-refractivity contribution < 1.29 is 19.7 Å². The van der Waals surface area contributed by atoms with Crippen LogP contribution in [0.4, 0.5) is 5.69 Å². The Balaban J connectivity index is 1.83. The molecule has 1 unspecified atom stereocenters. The van der Waals surface area contributed by atoms with E-state index < -0.39 is 12.4 Å². The summed E-state index contributed by atoms with van der Waals surface area (Å²) in [7, 11) is 1.49. The molecule has 7 nitrogen and oxygen atoms in total. The lowest BCUT2D eigenvalue weighted by Gasteiger charge is -2.39. The molecule has 2 N–H and O–H groups in total. The van der Waals surface area contributed by atoms with Crippen LogP contribution in [0.5, 0.6) is 0 Å². The number of aromatic nitrogens is 2. The highest BCUT2D eigenvalue weighted by molar-refractivity contribution is 5.86. The second-order valence-corrected chi connectivity index (χ2v) is 7.77. The monoisotopic (exact) mass is 409 g/mol. The van der Waals surface area contributed by atoms with Crippen LogP contribution in [0.1, 0.15) is 36.7 Å². The van der Waals surface area contributed by atoms with Gasteiger partial charge in [0.25, 0.3) is 0 Å². The molecule has 2 heterocycles. The Morgan fingerprint density at radius 3 is 2.73 bits per heavy atom. The van der Waals surface area contributed by atoms with Crippen LogP contribution in [-0.2, 0) is 28.9 Å². The van der Waals surface area contributed by atoms with E-state index in [-0.39, 0.29) is 12.5 Å². The van der Waals surface area contributed by atoms with E-state index in [1.165, 1.54) is 7.11 Å². The lowest BCUT2D eigenvalue weighted by atomic mass is 9.95. The van der Waals surface area contributed by atoms with Gasteiger partial charge in [-0.25, -0.2) is 4.98 Å². The maximum Gasteiger partial charge on any atom is 0.305 e. The van der Waals surface area contributed by atoms with Crippen molar-refractivity contribution in [2.24, 2.45) is 0 Å². The van der Waals surface area contributed by atoms with Gasteiger partial charge in [-0.2, -0.15) is 0 Å². The first-order valence-electron chi connectivity index (χ1n) is 10.3. The van der Waals surface area contributed by atoms with E-state index in [0.717, 1.165) is 46.5 Å². The fourth-order valence-corrected chi connectivity index (χ4v) is 4.32. The van der Waals surface area contributed by atoms with Crippen LogP contribution in [-0.4, -0.2) is 45.3 Å². The van der Waals surface area contributed by atoms with Crippen molar-refractivity contribution in [3.8, 4) is 0 Å². The Bertz CT molecular complexity index is 1050. The number of methoxy groups -OCH3 is 1. The van der Waals surface area contributed by atoms with E-state index in [1.807, 2.05) is 39.8 Å². The van der Waals surface area contributed by atoms with Gasteiger partial charge in [0.2, 0.25) is 6.41 Å². The zero-order valence-corrected chi connectivity index (χ0v) is 17.3. The average molecular weight is 409 g/mol. The number of aliphatic hydroxyl groups excluding tert-OH is 1. The van der Waals surface area contributed by atoms with E-state index in [9.17, 15) is 15.0 Å². The number of anilines is 1. The maximum atomic E-state index is 11.2. The summed E-state index contributed by atoms with van der Waals surface area (Å²) < 4.78 is 7.21. The van der Waals surface area contributed by atoms with E-state index in [1.54, 1.807) is 0 Å². The molecular formula is C23H27N3O4. The summed E-state index contributed by atoms with van der Waals surface area (Å²) in [5, 5.41) is 19.6. The standard InChI is InChI=1S/C23H27N3O4/c1-15-8-9-17-18(26(15)23(29)30-2)10-11-19-22(17)24-20(25(19)13-12-21(27)28)14-16-6-4-3-5-7-16/h3-7,10-11,15,23,29H,8-9,12-14H2,1-2H3,(H,27,28)/t15-,23?/m0/s1. The minimum Gasteiger partial charge on any atom is -0.481 e. The number of fused-ring (bicyclic) bond motifs is 3. The highest BCUT2D eigenvalue weighted by atomic mass is 16.6. The van der Waals surface area contributed by atoms with Crippen molar-refractivity contribution in [1.29, 1.82) is 0 Å². The lowest BCUT2D eigenvalue weighted by molar-refractivity contribution is -0.137. The topological polar surface area (TPSA) is 87.8 Å². The molecule has 0 saturated heterocycles. The van der Waals surface area contributed by atoms with Gasteiger partial charge in [-0.3, -0.25) is 4.79 Å². The Labute approximate surface area is 175 Å². The van der Waals surface area contributed by atoms with Crippen LogP contribution in [0, 0.1) is 0 Å². The zero-order chi connectivity index (χ0) is 21.3. The van der Waals surface area contributed by atoms with Crippen LogP contribution in [0.15, 0.2) is 42.5 Å². The van der Waals surface area contributed by atoms with Gasteiger partial charge in [-0.1, -0.05) is 30.3 Å². The van der Waals surface area contributed by atoms with Crippen LogP contribution < -0.4 is 4.90 Å². The van der Waals surface area contributed by atoms with Gasteiger partial charge < -0.3 is 24.4 Å². The Kier molecular flexibility index (Phi) is 5.74. The third-order valence-electron chi connectivity index (χ3n) is 5.85. The first-order chi connectivity index (χ1) is 14.5. The Morgan fingerprint density at radius 1 is 1.27 bits per heavy atom. The molecule has 2 aromatic carbocycles. The molecule has 0 bridgehead atoms. The number of aryl methyl sites for hydroxylation is 2. The maximum absolute atomic E-state index is 11.2. The molecule has 1 aliphatic heterocycles. The molecular weight excluding hydrogens is 382 g/mol. The van der Waals surface area contributed by atoms with Crippen LogP contribution >= 0.6 is 0 Å². The quantitative estimate of drug-likeness (QED) is 0.583. The Hall–Kier alpha value is -2.90. The second kappa shape index (κ2) is 8.45. The summed E-state index contributed by atoms with van der Waals surface area (Å²) in [5.41, 5.74) is 4.93. The second-order valence-electron chi connectivity index (χ2n) is 7.77. The van der Waals surface area contributed by atoms with Crippen LogP contribution in [0.2, 0.25) is 0 Å². The molecule has 0 spiro atoms. The van der Waals surface area contributed by atoms with Crippen molar-refractivity contribution >= 4 is 22.7 Å². The summed E-state index contributed by atoms with van der Waals surface area (Å²) in [6.07, 6.45) is 1.37. The fourth-order valence-electron chi connectivity index (χ4n) is 4.32. The predicted molar refractivity (Wildman–Crippen MR) is 115 cm³/mol. The van der Waals surface area contributed by atoms with Gasteiger partial charge >= 0.3 is 5.97 Å². The third-order valence-corrected chi connectivity index (χ3v) is 5.85. The largest absolute Gasteiger partial charge is 0.481 e. The minimum absolute atomic E-state index is 0.0376. The zero-order valence-electron chi connectivity index (χ0n) is 17.3. The number of carboxylic acid groups (broad SMARTS) is 1. The highest BCUT2D eigenvalue weighted by Gasteiger charge is 2.30. The molecule has 1 aromatic heterocycles. The number of hydrogen-bond donors (Lipinski definition) is 2. The van der Waals surface area contributed by atoms with E-state index in [4.69, 9.17) is 9.72 Å². The molecule has 7 heteroatoms. The van der Waals surface area contributed by atoms with Crippen molar-refractivity contribution in [1.82, 2.24) is 9.55 Å². The summed E-state index contributed by atoms with van der Waals surface area (Å²) in [4.78, 5) is 18.1. The van der Waals surface area contributed by atoms with E-state index in [0.29, 0.717) is 13.0 Å². The SMILES string of the molecule is COC(O)N1c2ccc3c(nc(Cc4ccccc4)n3CCC(=O)O)c2CC[C@@H]1C. The van der Waals surface area contributed by atoms with Crippen molar-refractivity contribution in [2.75, 3.05) is 12.0 Å². The summed E-state index contributed by atoms with van der Waals surface area (Å²) in [6, 6.07) is 14.2. The van der Waals surface area contributed by atoms with Crippen molar-refractivity contribution in [3.05, 3.63) is 59.4 Å². The van der Waals surface area contributed by atoms with Crippen molar-refractivity contribution in [2.45, 2.75) is 51.6 Å². The van der Waals surface area contributed by atoms with Crippen LogP contribution in [0.3, 0.4) is 0 Å². The van der Waals surface area contributed by atoms with E-state index in [2.05, 4.69) is 19.1 Å². The molecule has 1 aliphatic rings. The fraction of sp³-hybridized carbons (Fsp3) is 0.391. The molecule has 0 radical (unpaired) electrons.